The Morgan fingerprint density at radius 3 is 2.59 bits per heavy atom. The van der Waals surface area contributed by atoms with E-state index in [9.17, 15) is 22.8 Å². The largest absolute Gasteiger partial charge is 0.468 e. The van der Waals surface area contributed by atoms with Gasteiger partial charge in [0.25, 0.3) is 0 Å². The second kappa shape index (κ2) is 5.82. The average Bonchev–Trinajstić information content (AvgIpc) is 2.45. The molecule has 2 unspecified atom stereocenters. The summed E-state index contributed by atoms with van der Waals surface area (Å²) in [6, 6.07) is 4.90. The molecule has 1 aliphatic rings. The van der Waals surface area contributed by atoms with Crippen LogP contribution in [0.25, 0.3) is 0 Å². The Morgan fingerprint density at radius 2 is 2.00 bits per heavy atom. The summed E-state index contributed by atoms with van der Waals surface area (Å²) >= 11 is 0. The van der Waals surface area contributed by atoms with Crippen LogP contribution < -0.4 is 5.32 Å². The van der Waals surface area contributed by atoms with E-state index in [2.05, 4.69) is 16.6 Å². The first kappa shape index (κ1) is 16.1. The van der Waals surface area contributed by atoms with Crippen LogP contribution >= 0.6 is 0 Å². The van der Waals surface area contributed by atoms with E-state index >= 15 is 0 Å². The summed E-state index contributed by atoms with van der Waals surface area (Å²) in [6.45, 7) is 3.57. The van der Waals surface area contributed by atoms with Crippen LogP contribution in [0.2, 0.25) is 0 Å². The van der Waals surface area contributed by atoms with Crippen molar-refractivity contribution in [1.82, 2.24) is 5.32 Å². The molecular weight excluding hydrogens is 299 g/mol. The highest BCUT2D eigenvalue weighted by Gasteiger charge is 2.43. The zero-order valence-electron chi connectivity index (χ0n) is 11.7. The normalized spacial score (nSPS) is 22.2. The number of hydrogen-bond acceptors (Lipinski definition) is 3. The predicted molar refractivity (Wildman–Crippen MR) is 71.6 cm³/mol. The smallest absolute Gasteiger partial charge is 0.416 e. The molecule has 1 amide bonds. The number of carbonyl (C=O) groups excluding carboxylic acids is 2. The Hall–Kier alpha value is -2.31. The fourth-order valence-electron chi connectivity index (χ4n) is 2.67. The van der Waals surface area contributed by atoms with Crippen molar-refractivity contribution < 1.29 is 27.5 Å². The van der Waals surface area contributed by atoms with Crippen molar-refractivity contribution in [2.75, 3.05) is 7.11 Å². The average molecular weight is 313 g/mol. The van der Waals surface area contributed by atoms with Crippen LogP contribution in [-0.2, 0) is 20.5 Å². The number of esters is 1. The number of nitrogens with one attached hydrogen (secondary N) is 1. The van der Waals surface area contributed by atoms with E-state index < -0.39 is 35.5 Å². The second-order valence-electron chi connectivity index (χ2n) is 4.97. The zero-order chi connectivity index (χ0) is 16.5. The number of methoxy groups -OCH3 is 1. The first-order valence-electron chi connectivity index (χ1n) is 6.48. The molecule has 0 bridgehead atoms. The summed E-state index contributed by atoms with van der Waals surface area (Å²) in [4.78, 5) is 23.6. The molecule has 0 saturated carbocycles. The third kappa shape index (κ3) is 2.98. The van der Waals surface area contributed by atoms with Crippen molar-refractivity contribution in [1.29, 1.82) is 0 Å². The molecule has 0 aromatic heterocycles. The van der Waals surface area contributed by atoms with Gasteiger partial charge < -0.3 is 10.1 Å². The van der Waals surface area contributed by atoms with Crippen molar-refractivity contribution >= 4 is 11.9 Å². The van der Waals surface area contributed by atoms with Gasteiger partial charge in [0.05, 0.1) is 12.7 Å². The van der Waals surface area contributed by atoms with Crippen LogP contribution in [0.15, 0.2) is 36.5 Å². The lowest BCUT2D eigenvalue weighted by Crippen LogP contribution is -2.41. The quantitative estimate of drug-likeness (QED) is 0.854. The molecule has 22 heavy (non-hydrogen) atoms. The molecule has 7 heteroatoms. The van der Waals surface area contributed by atoms with E-state index in [0.717, 1.165) is 13.2 Å². The van der Waals surface area contributed by atoms with Crippen LogP contribution in [0.3, 0.4) is 0 Å². The van der Waals surface area contributed by atoms with Gasteiger partial charge in [0, 0.05) is 18.0 Å². The maximum atomic E-state index is 13.2. The molecule has 2 rings (SSSR count). The van der Waals surface area contributed by atoms with Crippen molar-refractivity contribution in [3.05, 3.63) is 47.7 Å². The standard InChI is InChI=1S/C15H14F3NO3/c1-8-13(14(21)22-2)10(7-12(20)19-8)9-5-3-4-6-11(9)15(16,17)18/h3-6,10,13H,1,7H2,2H3,(H,19,20). The van der Waals surface area contributed by atoms with Crippen LogP contribution in [-0.4, -0.2) is 19.0 Å². The maximum Gasteiger partial charge on any atom is 0.416 e. The second-order valence-corrected chi connectivity index (χ2v) is 4.97. The van der Waals surface area contributed by atoms with Crippen molar-refractivity contribution in [3.63, 3.8) is 0 Å². The Bertz CT molecular complexity index is 625. The number of benzene rings is 1. The van der Waals surface area contributed by atoms with Gasteiger partial charge in [0.1, 0.15) is 5.92 Å². The maximum absolute atomic E-state index is 13.2. The van der Waals surface area contributed by atoms with Gasteiger partial charge in [-0.3, -0.25) is 9.59 Å². The van der Waals surface area contributed by atoms with Crippen molar-refractivity contribution in [3.8, 4) is 0 Å². The number of carbonyl (C=O) groups is 2. The van der Waals surface area contributed by atoms with Crippen LogP contribution in [0.5, 0.6) is 0 Å². The number of amides is 1. The Morgan fingerprint density at radius 1 is 1.36 bits per heavy atom. The molecule has 1 aromatic rings. The number of rotatable bonds is 2. The molecule has 4 nitrogen and oxygen atoms in total. The number of alkyl halides is 3. The lowest BCUT2D eigenvalue weighted by molar-refractivity contribution is -0.147. The number of piperidine rings is 1. The van der Waals surface area contributed by atoms with Gasteiger partial charge in [0.2, 0.25) is 5.91 Å². The first-order valence-corrected chi connectivity index (χ1v) is 6.48. The van der Waals surface area contributed by atoms with Gasteiger partial charge in [-0.2, -0.15) is 13.2 Å². The van der Waals surface area contributed by atoms with E-state index in [1.165, 1.54) is 18.2 Å². The van der Waals surface area contributed by atoms with Gasteiger partial charge in [-0.25, -0.2) is 0 Å². The molecule has 1 fully saturated rings. The molecule has 1 aliphatic heterocycles. The van der Waals surface area contributed by atoms with Gasteiger partial charge >= 0.3 is 12.1 Å². The van der Waals surface area contributed by atoms with Crippen molar-refractivity contribution in [2.45, 2.75) is 18.5 Å². The summed E-state index contributed by atoms with van der Waals surface area (Å²) in [7, 11) is 1.14. The lowest BCUT2D eigenvalue weighted by Gasteiger charge is -2.33. The summed E-state index contributed by atoms with van der Waals surface area (Å²) in [6.07, 6.45) is -4.82. The van der Waals surface area contributed by atoms with Gasteiger partial charge in [-0.05, 0) is 11.6 Å². The third-order valence-electron chi connectivity index (χ3n) is 3.60. The monoisotopic (exact) mass is 313 g/mol. The molecule has 0 radical (unpaired) electrons. The molecule has 1 aromatic carbocycles. The summed E-state index contributed by atoms with van der Waals surface area (Å²) in [5.41, 5.74) is -0.928. The summed E-state index contributed by atoms with van der Waals surface area (Å²) < 4.78 is 44.1. The van der Waals surface area contributed by atoms with E-state index in [0.29, 0.717) is 0 Å². The fraction of sp³-hybridized carbons (Fsp3) is 0.333. The van der Waals surface area contributed by atoms with E-state index in [-0.39, 0.29) is 17.7 Å². The Kier molecular flexibility index (Phi) is 4.25. The van der Waals surface area contributed by atoms with Gasteiger partial charge in [0.15, 0.2) is 0 Å². The molecule has 1 N–H and O–H groups in total. The highest BCUT2D eigenvalue weighted by molar-refractivity contribution is 5.86. The van der Waals surface area contributed by atoms with Gasteiger partial charge in [-0.15, -0.1) is 0 Å². The van der Waals surface area contributed by atoms with E-state index in [4.69, 9.17) is 0 Å². The lowest BCUT2D eigenvalue weighted by atomic mass is 9.77. The van der Waals surface area contributed by atoms with E-state index in [1.54, 1.807) is 0 Å². The Labute approximate surface area is 125 Å². The van der Waals surface area contributed by atoms with Gasteiger partial charge in [-0.1, -0.05) is 24.8 Å². The minimum absolute atomic E-state index is 0.0464. The predicted octanol–water partition coefficient (Wildman–Crippen LogP) is 2.61. The fourth-order valence-corrected chi connectivity index (χ4v) is 2.67. The SMILES string of the molecule is C=C1NC(=O)CC(c2ccccc2C(F)(F)F)C1C(=O)OC. The topological polar surface area (TPSA) is 55.4 Å². The molecule has 2 atom stereocenters. The molecule has 0 spiro atoms. The highest BCUT2D eigenvalue weighted by Crippen LogP contribution is 2.42. The highest BCUT2D eigenvalue weighted by atomic mass is 19.4. The van der Waals surface area contributed by atoms with Crippen molar-refractivity contribution in [2.24, 2.45) is 5.92 Å². The minimum Gasteiger partial charge on any atom is -0.468 e. The molecule has 1 saturated heterocycles. The molecule has 1 heterocycles. The van der Waals surface area contributed by atoms with E-state index in [1.807, 2.05) is 0 Å². The van der Waals surface area contributed by atoms with Crippen LogP contribution in [0, 0.1) is 5.92 Å². The molecule has 118 valence electrons. The minimum atomic E-state index is -4.58. The Balaban J connectivity index is 2.54. The number of ether oxygens (including phenoxy) is 1. The molecular formula is C15H14F3NO3. The number of halogens is 3. The molecule has 0 aliphatic carbocycles. The summed E-state index contributed by atoms with van der Waals surface area (Å²) in [5, 5.41) is 2.39. The zero-order valence-corrected chi connectivity index (χ0v) is 11.7. The van der Waals surface area contributed by atoms with Crippen LogP contribution in [0.4, 0.5) is 13.2 Å². The first-order chi connectivity index (χ1) is 10.3. The third-order valence-corrected chi connectivity index (χ3v) is 3.60. The number of hydrogen-bond donors (Lipinski definition) is 1. The van der Waals surface area contributed by atoms with Crippen LogP contribution in [0.1, 0.15) is 23.5 Å². The summed E-state index contributed by atoms with van der Waals surface area (Å²) in [5.74, 6) is -3.23.